The minimum atomic E-state index is -0.739. The molecular formula is C16H15NO. The number of aliphatic hydroxyl groups excluding tert-OH is 1. The Morgan fingerprint density at radius 3 is 2.50 bits per heavy atom. The van der Waals surface area contributed by atoms with Crippen molar-refractivity contribution in [1.29, 1.82) is 0 Å². The SMILES string of the molecule is C#CC(O)Cc1ccc(-c2ccc(C)cc2)nc1. The van der Waals surface area contributed by atoms with Crippen LogP contribution in [0, 0.1) is 19.3 Å². The molecule has 0 spiro atoms. The van der Waals surface area contributed by atoms with Gasteiger partial charge in [0.1, 0.15) is 6.10 Å². The summed E-state index contributed by atoms with van der Waals surface area (Å²) in [5.74, 6) is 2.29. The topological polar surface area (TPSA) is 33.1 Å². The Morgan fingerprint density at radius 1 is 1.22 bits per heavy atom. The molecule has 90 valence electrons. The van der Waals surface area contributed by atoms with Gasteiger partial charge in [-0.05, 0) is 18.6 Å². The molecule has 2 nitrogen and oxygen atoms in total. The van der Waals surface area contributed by atoms with Crippen LogP contribution in [0.3, 0.4) is 0 Å². The summed E-state index contributed by atoms with van der Waals surface area (Å²) in [5.41, 5.74) is 4.18. The highest BCUT2D eigenvalue weighted by Gasteiger charge is 2.03. The minimum absolute atomic E-state index is 0.442. The second-order valence-electron chi connectivity index (χ2n) is 4.30. The van der Waals surface area contributed by atoms with E-state index >= 15 is 0 Å². The van der Waals surface area contributed by atoms with E-state index in [9.17, 15) is 5.11 Å². The van der Waals surface area contributed by atoms with Crippen LogP contribution in [-0.4, -0.2) is 16.2 Å². The highest BCUT2D eigenvalue weighted by atomic mass is 16.3. The molecule has 1 unspecified atom stereocenters. The van der Waals surface area contributed by atoms with Crippen LogP contribution >= 0.6 is 0 Å². The third-order valence-electron chi connectivity index (χ3n) is 2.79. The Labute approximate surface area is 107 Å². The quantitative estimate of drug-likeness (QED) is 0.832. The molecule has 0 aliphatic rings. The molecule has 1 heterocycles. The molecule has 1 aromatic carbocycles. The van der Waals surface area contributed by atoms with Gasteiger partial charge in [-0.2, -0.15) is 0 Å². The summed E-state index contributed by atoms with van der Waals surface area (Å²) in [5, 5.41) is 9.36. The molecule has 0 saturated heterocycles. The van der Waals surface area contributed by atoms with E-state index in [0.29, 0.717) is 6.42 Å². The van der Waals surface area contributed by atoms with Gasteiger partial charge in [0.2, 0.25) is 0 Å². The maximum atomic E-state index is 9.36. The van der Waals surface area contributed by atoms with Gasteiger partial charge in [0.15, 0.2) is 0 Å². The molecule has 0 fully saturated rings. The number of hydrogen-bond acceptors (Lipinski definition) is 2. The van der Waals surface area contributed by atoms with Crippen LogP contribution < -0.4 is 0 Å². The Morgan fingerprint density at radius 2 is 1.94 bits per heavy atom. The molecule has 0 saturated carbocycles. The average molecular weight is 237 g/mol. The van der Waals surface area contributed by atoms with Crippen molar-refractivity contribution >= 4 is 0 Å². The van der Waals surface area contributed by atoms with Crippen molar-refractivity contribution in [3.8, 4) is 23.6 Å². The van der Waals surface area contributed by atoms with E-state index in [2.05, 4.69) is 30.0 Å². The standard InChI is InChI=1S/C16H15NO/c1-3-15(18)10-13-6-9-16(17-11-13)14-7-4-12(2)5-8-14/h1,4-9,11,15,18H,10H2,2H3. The molecule has 2 aromatic rings. The highest BCUT2D eigenvalue weighted by Crippen LogP contribution is 2.17. The second-order valence-corrected chi connectivity index (χ2v) is 4.30. The molecule has 1 atom stereocenters. The monoisotopic (exact) mass is 237 g/mol. The van der Waals surface area contributed by atoms with E-state index in [1.807, 2.05) is 24.3 Å². The van der Waals surface area contributed by atoms with Crippen LogP contribution in [-0.2, 0) is 6.42 Å². The second kappa shape index (κ2) is 5.48. The zero-order valence-electron chi connectivity index (χ0n) is 10.3. The highest BCUT2D eigenvalue weighted by molar-refractivity contribution is 5.59. The first kappa shape index (κ1) is 12.3. The van der Waals surface area contributed by atoms with Gasteiger partial charge < -0.3 is 5.11 Å². The zero-order valence-corrected chi connectivity index (χ0v) is 10.3. The minimum Gasteiger partial charge on any atom is -0.380 e. The molecule has 0 radical (unpaired) electrons. The predicted molar refractivity (Wildman–Crippen MR) is 73.0 cm³/mol. The summed E-state index contributed by atoms with van der Waals surface area (Å²) in [6, 6.07) is 12.1. The number of pyridine rings is 1. The summed E-state index contributed by atoms with van der Waals surface area (Å²) in [6.07, 6.45) is 6.60. The van der Waals surface area contributed by atoms with Crippen molar-refractivity contribution in [3.05, 3.63) is 53.7 Å². The lowest BCUT2D eigenvalue weighted by Crippen LogP contribution is -2.06. The predicted octanol–water partition coefficient (Wildman–Crippen LogP) is 2.59. The molecule has 18 heavy (non-hydrogen) atoms. The molecule has 1 N–H and O–H groups in total. The zero-order chi connectivity index (χ0) is 13.0. The molecule has 0 bridgehead atoms. The van der Waals surface area contributed by atoms with Crippen LogP contribution in [0.1, 0.15) is 11.1 Å². The van der Waals surface area contributed by atoms with E-state index in [-0.39, 0.29) is 0 Å². The molecule has 1 aromatic heterocycles. The number of aliphatic hydroxyl groups is 1. The first-order valence-electron chi connectivity index (χ1n) is 5.85. The summed E-state index contributed by atoms with van der Waals surface area (Å²) < 4.78 is 0. The molecule has 0 amide bonds. The van der Waals surface area contributed by atoms with Gasteiger partial charge in [-0.25, -0.2) is 0 Å². The molecule has 0 aliphatic heterocycles. The Hall–Kier alpha value is -2.11. The van der Waals surface area contributed by atoms with Gasteiger partial charge in [0.25, 0.3) is 0 Å². The maximum absolute atomic E-state index is 9.36. The van der Waals surface area contributed by atoms with Gasteiger partial charge in [-0.3, -0.25) is 4.98 Å². The lowest BCUT2D eigenvalue weighted by atomic mass is 10.1. The van der Waals surface area contributed by atoms with Crippen molar-refractivity contribution in [3.63, 3.8) is 0 Å². The molecular weight excluding hydrogens is 222 g/mol. The fraction of sp³-hybridized carbons (Fsp3) is 0.188. The number of rotatable bonds is 3. The van der Waals surface area contributed by atoms with E-state index < -0.39 is 6.10 Å². The van der Waals surface area contributed by atoms with Crippen LogP contribution in [0.25, 0.3) is 11.3 Å². The van der Waals surface area contributed by atoms with Crippen LogP contribution in [0.4, 0.5) is 0 Å². The summed E-state index contributed by atoms with van der Waals surface area (Å²) >= 11 is 0. The van der Waals surface area contributed by atoms with Crippen molar-refractivity contribution < 1.29 is 5.11 Å². The Kier molecular flexibility index (Phi) is 3.76. The third kappa shape index (κ3) is 2.97. The normalized spacial score (nSPS) is 11.8. The van der Waals surface area contributed by atoms with Crippen molar-refractivity contribution in [2.75, 3.05) is 0 Å². The first-order chi connectivity index (χ1) is 8.69. The summed E-state index contributed by atoms with van der Waals surface area (Å²) in [6.45, 7) is 2.06. The fourth-order valence-electron chi connectivity index (χ4n) is 1.72. The van der Waals surface area contributed by atoms with Crippen molar-refractivity contribution in [2.45, 2.75) is 19.4 Å². The largest absolute Gasteiger partial charge is 0.380 e. The van der Waals surface area contributed by atoms with Crippen LogP contribution in [0.15, 0.2) is 42.6 Å². The first-order valence-corrected chi connectivity index (χ1v) is 5.85. The lowest BCUT2D eigenvalue weighted by molar-refractivity contribution is 0.233. The van der Waals surface area contributed by atoms with Crippen molar-refractivity contribution in [1.82, 2.24) is 4.98 Å². The molecule has 2 heteroatoms. The summed E-state index contributed by atoms with van der Waals surface area (Å²) in [7, 11) is 0. The number of benzene rings is 1. The number of terminal acetylenes is 1. The number of hydrogen-bond donors (Lipinski definition) is 1. The maximum Gasteiger partial charge on any atom is 0.118 e. The number of aryl methyl sites for hydroxylation is 1. The van der Waals surface area contributed by atoms with E-state index in [0.717, 1.165) is 16.8 Å². The average Bonchev–Trinajstić information content (AvgIpc) is 2.40. The van der Waals surface area contributed by atoms with Crippen LogP contribution in [0.5, 0.6) is 0 Å². The van der Waals surface area contributed by atoms with E-state index in [1.54, 1.807) is 6.20 Å². The Bertz CT molecular complexity index is 549. The Balaban J connectivity index is 2.17. The molecule has 0 aliphatic carbocycles. The van der Waals surface area contributed by atoms with Gasteiger partial charge in [0.05, 0.1) is 5.69 Å². The molecule has 2 rings (SSSR count). The third-order valence-corrected chi connectivity index (χ3v) is 2.79. The van der Waals surface area contributed by atoms with Crippen molar-refractivity contribution in [2.24, 2.45) is 0 Å². The fourth-order valence-corrected chi connectivity index (χ4v) is 1.72. The van der Waals surface area contributed by atoms with Gasteiger partial charge in [-0.15, -0.1) is 6.42 Å². The smallest absolute Gasteiger partial charge is 0.118 e. The van der Waals surface area contributed by atoms with Crippen LogP contribution in [0.2, 0.25) is 0 Å². The van der Waals surface area contributed by atoms with Gasteiger partial charge in [-0.1, -0.05) is 41.8 Å². The van der Waals surface area contributed by atoms with Gasteiger partial charge >= 0.3 is 0 Å². The summed E-state index contributed by atoms with van der Waals surface area (Å²) in [4.78, 5) is 4.39. The lowest BCUT2D eigenvalue weighted by Gasteiger charge is -2.05. The number of aromatic nitrogens is 1. The van der Waals surface area contributed by atoms with E-state index in [4.69, 9.17) is 6.42 Å². The number of nitrogens with zero attached hydrogens (tertiary/aromatic N) is 1. The van der Waals surface area contributed by atoms with E-state index in [1.165, 1.54) is 5.56 Å². The van der Waals surface area contributed by atoms with Gasteiger partial charge in [0, 0.05) is 18.2 Å².